The maximum absolute atomic E-state index is 12.9. The van der Waals surface area contributed by atoms with Gasteiger partial charge in [0.25, 0.3) is 5.91 Å². The van der Waals surface area contributed by atoms with Gasteiger partial charge in [-0.25, -0.2) is 0 Å². The molecule has 0 heterocycles. The molecule has 0 aliphatic carbocycles. The van der Waals surface area contributed by atoms with E-state index in [0.29, 0.717) is 23.4 Å². The molecule has 0 aliphatic rings. The van der Waals surface area contributed by atoms with E-state index >= 15 is 0 Å². The second-order valence-corrected chi connectivity index (χ2v) is 9.89. The van der Waals surface area contributed by atoms with Crippen molar-refractivity contribution >= 4 is 22.4 Å². The highest BCUT2D eigenvalue weighted by Crippen LogP contribution is 2.30. The quantitative estimate of drug-likeness (QED) is 0.141. The van der Waals surface area contributed by atoms with Gasteiger partial charge >= 0.3 is 0 Å². The SMILES string of the molecule is C#CC#CC.CCCCCCCCCCCCCCOc1ccccc1NC(=O)c1ccc2ccccc2c1O. The van der Waals surface area contributed by atoms with Gasteiger partial charge < -0.3 is 15.2 Å². The maximum Gasteiger partial charge on any atom is 0.259 e. The first-order valence-electron chi connectivity index (χ1n) is 14.7. The van der Waals surface area contributed by atoms with Crippen LogP contribution in [0, 0.1) is 24.2 Å². The van der Waals surface area contributed by atoms with Crippen molar-refractivity contribution in [1.82, 2.24) is 0 Å². The fraction of sp³-hybridized carbons (Fsp3) is 0.417. The fourth-order valence-electron chi connectivity index (χ4n) is 4.52. The number of hydrogen-bond acceptors (Lipinski definition) is 3. The van der Waals surface area contributed by atoms with Crippen molar-refractivity contribution < 1.29 is 14.6 Å². The number of terminal acetylenes is 1. The number of phenolic OH excluding ortho intramolecular Hbond substituents is 1. The topological polar surface area (TPSA) is 58.6 Å². The number of nitrogens with one attached hydrogen (secondary N) is 1. The lowest BCUT2D eigenvalue weighted by Gasteiger charge is -2.13. The molecule has 0 spiro atoms. The highest BCUT2D eigenvalue weighted by atomic mass is 16.5. The molecule has 3 aromatic rings. The molecule has 0 unspecified atom stereocenters. The number of amides is 1. The maximum atomic E-state index is 12.9. The zero-order valence-electron chi connectivity index (χ0n) is 24.3. The van der Waals surface area contributed by atoms with Crippen LogP contribution < -0.4 is 10.1 Å². The molecule has 0 fully saturated rings. The first kappa shape index (κ1) is 32.3. The second kappa shape index (κ2) is 20.1. The van der Waals surface area contributed by atoms with Crippen molar-refractivity contribution in [3.63, 3.8) is 0 Å². The van der Waals surface area contributed by atoms with Gasteiger partial charge in [-0.1, -0.05) is 126 Å². The Labute approximate surface area is 241 Å². The van der Waals surface area contributed by atoms with Crippen molar-refractivity contribution in [3.05, 3.63) is 66.2 Å². The zero-order chi connectivity index (χ0) is 28.8. The van der Waals surface area contributed by atoms with E-state index in [9.17, 15) is 9.90 Å². The molecule has 212 valence electrons. The van der Waals surface area contributed by atoms with Gasteiger partial charge in [-0.15, -0.1) is 6.42 Å². The molecule has 0 saturated carbocycles. The van der Waals surface area contributed by atoms with Crippen LogP contribution in [0.2, 0.25) is 0 Å². The van der Waals surface area contributed by atoms with Crippen LogP contribution in [0.5, 0.6) is 11.5 Å². The highest BCUT2D eigenvalue weighted by Gasteiger charge is 2.15. The molecule has 0 saturated heterocycles. The van der Waals surface area contributed by atoms with Crippen LogP contribution in [0.4, 0.5) is 5.69 Å². The monoisotopic (exact) mass is 539 g/mol. The Hall–Kier alpha value is -3.89. The minimum absolute atomic E-state index is 0.00417. The number of rotatable bonds is 16. The van der Waals surface area contributed by atoms with Gasteiger partial charge in [0, 0.05) is 5.39 Å². The lowest BCUT2D eigenvalue weighted by Crippen LogP contribution is -2.13. The highest BCUT2D eigenvalue weighted by molar-refractivity contribution is 6.10. The Balaban J connectivity index is 0.00000103. The molecule has 4 heteroatoms. The Morgan fingerprint density at radius 1 is 0.825 bits per heavy atom. The third-order valence-corrected chi connectivity index (χ3v) is 6.73. The number of unbranched alkanes of at least 4 members (excludes halogenated alkanes) is 11. The Morgan fingerprint density at radius 3 is 2.05 bits per heavy atom. The molecule has 3 rings (SSSR count). The lowest BCUT2D eigenvalue weighted by atomic mass is 10.0. The van der Waals surface area contributed by atoms with Crippen LogP contribution in [0.1, 0.15) is 101 Å². The van der Waals surface area contributed by atoms with Gasteiger partial charge in [-0.2, -0.15) is 0 Å². The van der Waals surface area contributed by atoms with Gasteiger partial charge in [0.2, 0.25) is 0 Å². The third kappa shape index (κ3) is 11.9. The number of carbonyl (C=O) groups excluding carboxylic acids is 1. The summed E-state index contributed by atoms with van der Waals surface area (Å²) >= 11 is 0. The number of aromatic hydroxyl groups is 1. The summed E-state index contributed by atoms with van der Waals surface area (Å²) in [5.74, 6) is 7.38. The van der Waals surface area contributed by atoms with E-state index in [1.807, 2.05) is 54.6 Å². The van der Waals surface area contributed by atoms with Crippen LogP contribution >= 0.6 is 0 Å². The summed E-state index contributed by atoms with van der Waals surface area (Å²) in [5, 5.41) is 15.1. The van der Waals surface area contributed by atoms with E-state index in [1.165, 1.54) is 64.2 Å². The molecule has 1 amide bonds. The standard InChI is InChI=1S/C31H41NO3.C5H4/c1-2-3-4-5-6-7-8-9-10-11-12-17-24-35-29-21-16-15-20-28(29)32-31(34)27-23-22-25-18-13-14-19-26(25)30(27)33;1-3-5-4-2/h13-16,18-23,33H,2-12,17,24H2,1H3,(H,32,34);1H,2H3. The smallest absolute Gasteiger partial charge is 0.259 e. The molecule has 0 aliphatic heterocycles. The molecule has 0 radical (unpaired) electrons. The summed E-state index contributed by atoms with van der Waals surface area (Å²) in [6.45, 7) is 4.60. The van der Waals surface area contributed by atoms with Crippen molar-refractivity contribution in [2.45, 2.75) is 90.9 Å². The van der Waals surface area contributed by atoms with E-state index in [-0.39, 0.29) is 17.2 Å². The predicted octanol–water partition coefficient (Wildman–Crippen LogP) is 9.52. The predicted molar refractivity (Wildman–Crippen MR) is 169 cm³/mol. The van der Waals surface area contributed by atoms with E-state index in [2.05, 4.69) is 30.0 Å². The van der Waals surface area contributed by atoms with Crippen molar-refractivity contribution in [3.8, 4) is 35.7 Å². The minimum Gasteiger partial charge on any atom is -0.506 e. The number of carbonyl (C=O) groups is 1. The second-order valence-electron chi connectivity index (χ2n) is 9.89. The number of benzene rings is 3. The van der Waals surface area contributed by atoms with Gasteiger partial charge in [-0.05, 0) is 48.8 Å². The number of hydrogen-bond donors (Lipinski definition) is 2. The summed E-state index contributed by atoms with van der Waals surface area (Å²) in [6.07, 6.45) is 20.4. The van der Waals surface area contributed by atoms with Crippen LogP contribution in [0.3, 0.4) is 0 Å². The molecule has 0 aromatic heterocycles. The van der Waals surface area contributed by atoms with Crippen molar-refractivity contribution in [2.75, 3.05) is 11.9 Å². The number of fused-ring (bicyclic) bond motifs is 1. The molecule has 3 aromatic carbocycles. The normalized spacial score (nSPS) is 10.0. The molecule has 4 nitrogen and oxygen atoms in total. The number of ether oxygens (including phenoxy) is 1. The molecule has 0 bridgehead atoms. The Kier molecular flexibility index (Phi) is 16.2. The lowest BCUT2D eigenvalue weighted by molar-refractivity contribution is 0.102. The number of para-hydroxylation sites is 2. The van der Waals surface area contributed by atoms with Crippen molar-refractivity contribution in [2.24, 2.45) is 0 Å². The van der Waals surface area contributed by atoms with E-state index < -0.39 is 0 Å². The molecule has 0 atom stereocenters. The van der Waals surface area contributed by atoms with Crippen LogP contribution in [0.25, 0.3) is 10.8 Å². The summed E-state index contributed by atoms with van der Waals surface area (Å²) in [5.41, 5.74) is 0.864. The first-order chi connectivity index (χ1) is 19.6. The van der Waals surface area contributed by atoms with Gasteiger partial charge in [0.05, 0.1) is 17.9 Å². The van der Waals surface area contributed by atoms with E-state index in [1.54, 1.807) is 13.0 Å². The fourth-order valence-corrected chi connectivity index (χ4v) is 4.52. The largest absolute Gasteiger partial charge is 0.506 e. The van der Waals surface area contributed by atoms with Crippen LogP contribution in [-0.4, -0.2) is 17.6 Å². The first-order valence-corrected chi connectivity index (χ1v) is 14.7. The summed E-state index contributed by atoms with van der Waals surface area (Å²) in [6, 6.07) is 18.5. The summed E-state index contributed by atoms with van der Waals surface area (Å²) < 4.78 is 5.99. The number of phenols is 1. The molecular weight excluding hydrogens is 494 g/mol. The molecule has 2 N–H and O–H groups in total. The third-order valence-electron chi connectivity index (χ3n) is 6.73. The minimum atomic E-state index is -0.352. The molecular formula is C36H45NO3. The summed E-state index contributed by atoms with van der Waals surface area (Å²) in [7, 11) is 0. The molecule has 40 heavy (non-hydrogen) atoms. The number of anilines is 1. The average Bonchev–Trinajstić information content (AvgIpc) is 2.97. The van der Waals surface area contributed by atoms with Gasteiger partial charge in [0.15, 0.2) is 0 Å². The summed E-state index contributed by atoms with van der Waals surface area (Å²) in [4.78, 5) is 12.9. The van der Waals surface area contributed by atoms with Crippen molar-refractivity contribution in [1.29, 1.82) is 0 Å². The van der Waals surface area contributed by atoms with Gasteiger partial charge in [0.1, 0.15) is 11.5 Å². The zero-order valence-corrected chi connectivity index (χ0v) is 24.3. The van der Waals surface area contributed by atoms with E-state index in [4.69, 9.17) is 11.2 Å². The van der Waals surface area contributed by atoms with E-state index in [0.717, 1.165) is 18.2 Å². The van der Waals surface area contributed by atoms with Crippen LogP contribution in [-0.2, 0) is 0 Å². The Bertz CT molecular complexity index is 1260. The Morgan fingerprint density at radius 2 is 1.43 bits per heavy atom. The average molecular weight is 540 g/mol. The van der Waals surface area contributed by atoms with Crippen LogP contribution in [0.15, 0.2) is 60.7 Å². The van der Waals surface area contributed by atoms with Gasteiger partial charge in [-0.3, -0.25) is 4.79 Å².